The number of fused-ring (bicyclic) bond motifs is 8. The third-order valence-electron chi connectivity index (χ3n) is 8.51. The van der Waals surface area contributed by atoms with Gasteiger partial charge in [-0.05, 0) is 51.9 Å². The first-order chi connectivity index (χ1) is 19.2. The van der Waals surface area contributed by atoms with Crippen molar-refractivity contribution in [1.29, 1.82) is 0 Å². The second kappa shape index (κ2) is 9.11. The highest BCUT2D eigenvalue weighted by Gasteiger charge is 2.47. The second-order valence-corrected chi connectivity index (χ2v) is 12.6. The van der Waals surface area contributed by atoms with Gasteiger partial charge in [0.05, 0.1) is 32.1 Å². The molecule has 4 aromatic carbocycles. The predicted octanol–water partition coefficient (Wildman–Crippen LogP) is 10.3. The molecule has 2 aromatic heterocycles. The van der Waals surface area contributed by atoms with Gasteiger partial charge >= 0.3 is 0 Å². The summed E-state index contributed by atoms with van der Waals surface area (Å²) >= 11 is 8.50. The van der Waals surface area contributed by atoms with Gasteiger partial charge in [-0.15, -0.1) is 0 Å². The van der Waals surface area contributed by atoms with E-state index in [1.54, 1.807) is 0 Å². The van der Waals surface area contributed by atoms with E-state index in [0.717, 1.165) is 17.5 Å². The molecule has 4 atom stereocenters. The Balaban J connectivity index is 1.45. The van der Waals surface area contributed by atoms with Gasteiger partial charge in [-0.25, -0.2) is 0 Å². The summed E-state index contributed by atoms with van der Waals surface area (Å²) in [6.07, 6.45) is 1.00. The van der Waals surface area contributed by atoms with E-state index in [4.69, 9.17) is 9.97 Å². The maximum Gasteiger partial charge on any atom is 0.0711 e. The molecule has 8 rings (SSSR count). The summed E-state index contributed by atoms with van der Waals surface area (Å²) in [5, 5.41) is 2.41. The van der Waals surface area contributed by atoms with E-state index in [2.05, 4.69) is 141 Å². The van der Waals surface area contributed by atoms with Crippen LogP contribution in [-0.4, -0.2) is 9.97 Å². The topological polar surface area (TPSA) is 25.8 Å². The molecule has 0 aliphatic heterocycles. The third-order valence-corrected chi connectivity index (χ3v) is 10.7. The molecule has 0 saturated carbocycles. The Morgan fingerprint density at radius 2 is 0.872 bits per heavy atom. The van der Waals surface area contributed by atoms with E-state index in [1.165, 1.54) is 55.5 Å². The van der Waals surface area contributed by atoms with Crippen molar-refractivity contribution in [2.45, 2.75) is 27.9 Å². The average Bonchev–Trinajstić information content (AvgIpc) is 2.99. The van der Waals surface area contributed by atoms with Crippen molar-refractivity contribution in [3.8, 4) is 22.3 Å². The van der Waals surface area contributed by atoms with E-state index < -0.39 is 0 Å². The molecule has 2 bridgehead atoms. The monoisotopic (exact) mass is 630 g/mol. The van der Waals surface area contributed by atoms with Crippen LogP contribution >= 0.6 is 31.9 Å². The predicted molar refractivity (Wildman–Crippen MR) is 168 cm³/mol. The molecule has 0 N–H and O–H groups in total. The largest absolute Gasteiger partial charge is 0.252 e. The average molecular weight is 632 g/mol. The van der Waals surface area contributed by atoms with Gasteiger partial charge < -0.3 is 0 Å². The number of nitrogens with zero attached hydrogens (tertiary/aromatic N) is 2. The SMILES string of the molecule is Br[C@@H]1c2c(nc3ccccc3c2-c2ccccc2)[C@@H]2C[C@H]1c1nc3ccccc3c(-c3ccccc3)c1[C@H]2Br. The van der Waals surface area contributed by atoms with Gasteiger partial charge in [0, 0.05) is 22.6 Å². The Labute approximate surface area is 244 Å². The molecule has 2 nitrogen and oxygen atoms in total. The number of pyridine rings is 2. The lowest BCUT2D eigenvalue weighted by molar-refractivity contribution is 0.437. The lowest BCUT2D eigenvalue weighted by Crippen LogP contribution is -2.30. The Kier molecular flexibility index (Phi) is 5.50. The number of aromatic nitrogens is 2. The summed E-state index contributed by atoms with van der Waals surface area (Å²) in [7, 11) is 0. The Morgan fingerprint density at radius 3 is 1.31 bits per heavy atom. The number of hydrogen-bond donors (Lipinski definition) is 0. The van der Waals surface area contributed by atoms with Crippen molar-refractivity contribution in [2.75, 3.05) is 0 Å². The quantitative estimate of drug-likeness (QED) is 0.178. The van der Waals surface area contributed by atoms with Gasteiger partial charge in [0.1, 0.15) is 0 Å². The third kappa shape index (κ3) is 3.51. The maximum atomic E-state index is 5.38. The molecule has 0 unspecified atom stereocenters. The fraction of sp³-hybridized carbons (Fsp3) is 0.143. The minimum atomic E-state index is 0.104. The zero-order valence-corrected chi connectivity index (χ0v) is 24.2. The Bertz CT molecular complexity index is 1750. The lowest BCUT2D eigenvalue weighted by atomic mass is 9.67. The highest BCUT2D eigenvalue weighted by Crippen LogP contribution is 2.63. The summed E-state index contributed by atoms with van der Waals surface area (Å²) in [6, 6.07) is 38.8. The molecule has 0 fully saturated rings. The smallest absolute Gasteiger partial charge is 0.0711 e. The van der Waals surface area contributed by atoms with Crippen LogP contribution in [0.1, 0.15) is 50.4 Å². The van der Waals surface area contributed by atoms with Gasteiger partial charge in [-0.2, -0.15) is 0 Å². The minimum absolute atomic E-state index is 0.104. The fourth-order valence-corrected chi connectivity index (χ4v) is 8.72. The van der Waals surface area contributed by atoms with Crippen LogP contribution in [0.4, 0.5) is 0 Å². The van der Waals surface area contributed by atoms with Crippen LogP contribution in [0.2, 0.25) is 0 Å². The van der Waals surface area contributed by atoms with Crippen LogP contribution in [0.5, 0.6) is 0 Å². The van der Waals surface area contributed by atoms with Crippen molar-refractivity contribution >= 4 is 53.7 Å². The molecule has 6 aromatic rings. The van der Waals surface area contributed by atoms with Crippen molar-refractivity contribution in [1.82, 2.24) is 9.97 Å². The molecule has 2 aliphatic carbocycles. The van der Waals surface area contributed by atoms with Gasteiger partial charge in [-0.3, -0.25) is 9.97 Å². The molecule has 0 amide bonds. The van der Waals surface area contributed by atoms with Crippen LogP contribution in [0.3, 0.4) is 0 Å². The van der Waals surface area contributed by atoms with Gasteiger partial charge in [0.15, 0.2) is 0 Å². The zero-order chi connectivity index (χ0) is 26.1. The molecular formula is C35H24Br2N2. The number of halogens is 2. The molecule has 0 spiro atoms. The number of para-hydroxylation sites is 2. The highest BCUT2D eigenvalue weighted by molar-refractivity contribution is 9.09. The summed E-state index contributed by atoms with van der Waals surface area (Å²) in [5.41, 5.74) is 12.2. The summed E-state index contributed by atoms with van der Waals surface area (Å²) < 4.78 is 0. The molecule has 4 heteroatoms. The van der Waals surface area contributed by atoms with Gasteiger partial charge in [0.25, 0.3) is 0 Å². The molecule has 2 aliphatic rings. The lowest BCUT2D eigenvalue weighted by Gasteiger charge is -2.44. The van der Waals surface area contributed by atoms with Crippen molar-refractivity contribution < 1.29 is 0 Å². The normalized spacial score (nSPS) is 21.5. The van der Waals surface area contributed by atoms with Crippen LogP contribution in [0.15, 0.2) is 109 Å². The minimum Gasteiger partial charge on any atom is -0.252 e. The highest BCUT2D eigenvalue weighted by atomic mass is 79.9. The van der Waals surface area contributed by atoms with E-state index in [-0.39, 0.29) is 21.5 Å². The Hall–Kier alpha value is -3.34. The maximum absolute atomic E-state index is 5.38. The van der Waals surface area contributed by atoms with Crippen LogP contribution in [-0.2, 0) is 0 Å². The van der Waals surface area contributed by atoms with E-state index in [0.29, 0.717) is 0 Å². The van der Waals surface area contributed by atoms with E-state index >= 15 is 0 Å². The van der Waals surface area contributed by atoms with E-state index in [9.17, 15) is 0 Å². The van der Waals surface area contributed by atoms with Crippen molar-refractivity contribution in [3.05, 3.63) is 132 Å². The molecule has 39 heavy (non-hydrogen) atoms. The van der Waals surface area contributed by atoms with Crippen molar-refractivity contribution in [3.63, 3.8) is 0 Å². The van der Waals surface area contributed by atoms with Crippen LogP contribution in [0, 0.1) is 0 Å². The van der Waals surface area contributed by atoms with Gasteiger partial charge in [-0.1, -0.05) is 129 Å². The molecular weight excluding hydrogens is 608 g/mol. The van der Waals surface area contributed by atoms with Gasteiger partial charge in [0.2, 0.25) is 0 Å². The number of alkyl halides is 2. The molecule has 2 heterocycles. The van der Waals surface area contributed by atoms with Crippen LogP contribution < -0.4 is 0 Å². The number of hydrogen-bond acceptors (Lipinski definition) is 2. The summed E-state index contributed by atoms with van der Waals surface area (Å²) in [6.45, 7) is 0. The summed E-state index contributed by atoms with van der Waals surface area (Å²) in [4.78, 5) is 11.0. The first kappa shape index (κ1) is 23.5. The number of benzene rings is 4. The van der Waals surface area contributed by atoms with Crippen molar-refractivity contribution in [2.24, 2.45) is 0 Å². The molecule has 0 saturated heterocycles. The fourth-order valence-electron chi connectivity index (χ4n) is 6.86. The second-order valence-electron chi connectivity index (χ2n) is 10.6. The molecule has 188 valence electrons. The first-order valence-corrected chi connectivity index (χ1v) is 15.3. The summed E-state index contributed by atoms with van der Waals surface area (Å²) in [5.74, 6) is 0.479. The zero-order valence-electron chi connectivity index (χ0n) is 21.1. The molecule has 0 radical (unpaired) electrons. The first-order valence-electron chi connectivity index (χ1n) is 13.4. The Morgan fingerprint density at radius 1 is 0.487 bits per heavy atom. The van der Waals surface area contributed by atoms with Crippen LogP contribution in [0.25, 0.3) is 44.1 Å². The number of rotatable bonds is 2. The van der Waals surface area contributed by atoms with E-state index in [1.807, 2.05) is 0 Å². The standard InChI is InChI=1S/C35H24Br2N2/c36-32-24-19-25(34-30(32)28(20-11-3-1-4-12-20)22-15-7-9-17-26(22)38-34)33(37)31-29(21-13-5-2-6-14-21)23-16-8-10-18-27(23)39-35(24)31/h1-18,24-25,32-33H,19H2/t24-,25-,32+,33+/m1/s1.